The average molecular weight is 377 g/mol. The van der Waals surface area contributed by atoms with E-state index in [1.54, 1.807) is 24.5 Å². The van der Waals surface area contributed by atoms with Gasteiger partial charge in [0.1, 0.15) is 6.61 Å². The summed E-state index contributed by atoms with van der Waals surface area (Å²) in [5, 5.41) is 2.65. The first-order valence-corrected chi connectivity index (χ1v) is 8.11. The topological polar surface area (TPSA) is 44.5 Å². The van der Waals surface area contributed by atoms with Crippen LogP contribution in [0.25, 0.3) is 0 Å². The number of halogens is 2. The van der Waals surface area contributed by atoms with E-state index in [0.29, 0.717) is 36.1 Å². The molecule has 0 unspecified atom stereocenters. The molecule has 0 aliphatic rings. The average Bonchev–Trinajstić information content (AvgIpc) is 2.83. The number of hydrogen-bond acceptors (Lipinski definition) is 4. The maximum absolute atomic E-state index is 6.08. The predicted molar refractivity (Wildman–Crippen MR) is 87.1 cm³/mol. The Balaban J connectivity index is 2.23. The van der Waals surface area contributed by atoms with E-state index in [2.05, 4.69) is 15.9 Å². The molecule has 0 aliphatic heterocycles. The van der Waals surface area contributed by atoms with Crippen LogP contribution in [0.4, 0.5) is 0 Å². The van der Waals surface area contributed by atoms with Gasteiger partial charge in [-0.05, 0) is 41.0 Å². The van der Waals surface area contributed by atoms with E-state index in [9.17, 15) is 0 Å². The molecule has 108 valence electrons. The van der Waals surface area contributed by atoms with Crippen LogP contribution in [0.5, 0.6) is 11.5 Å². The second-order valence-corrected chi connectivity index (χ2v) is 6.50. The van der Waals surface area contributed by atoms with E-state index in [4.69, 9.17) is 26.8 Å². The normalized spacial score (nSPS) is 10.6. The zero-order chi connectivity index (χ0) is 14.5. The molecule has 1 heterocycles. The van der Waals surface area contributed by atoms with Gasteiger partial charge in [0.25, 0.3) is 0 Å². The standard InChI is InChI=1S/C14H15BrClNO2S/c1-18-13-6-11(16)4-9(2-3-17)14(13)19-7-12-5-10(15)8-20-12/h4-6,8H,2-3,7,17H2,1H3. The molecule has 6 heteroatoms. The fraction of sp³-hybridized carbons (Fsp3) is 0.286. The van der Waals surface area contributed by atoms with Gasteiger partial charge in [0.15, 0.2) is 11.5 Å². The highest BCUT2D eigenvalue weighted by Crippen LogP contribution is 2.36. The van der Waals surface area contributed by atoms with Crippen LogP contribution < -0.4 is 15.2 Å². The van der Waals surface area contributed by atoms with Gasteiger partial charge in [0, 0.05) is 31.4 Å². The molecule has 0 radical (unpaired) electrons. The van der Waals surface area contributed by atoms with E-state index in [1.165, 1.54) is 0 Å². The summed E-state index contributed by atoms with van der Waals surface area (Å²) < 4.78 is 12.3. The first kappa shape index (κ1) is 15.6. The summed E-state index contributed by atoms with van der Waals surface area (Å²) in [6.45, 7) is 1.02. The molecule has 2 rings (SSSR count). The largest absolute Gasteiger partial charge is 0.493 e. The van der Waals surface area contributed by atoms with Crippen molar-refractivity contribution in [2.24, 2.45) is 5.73 Å². The van der Waals surface area contributed by atoms with Crippen LogP contribution >= 0.6 is 38.9 Å². The number of thiophene rings is 1. The second kappa shape index (κ2) is 7.31. The molecule has 0 amide bonds. The van der Waals surface area contributed by atoms with E-state index in [-0.39, 0.29) is 0 Å². The minimum absolute atomic E-state index is 0.492. The first-order valence-electron chi connectivity index (χ1n) is 6.06. The Morgan fingerprint density at radius 3 is 2.75 bits per heavy atom. The SMILES string of the molecule is COc1cc(Cl)cc(CCN)c1OCc1cc(Br)cs1. The Morgan fingerprint density at radius 1 is 1.35 bits per heavy atom. The minimum Gasteiger partial charge on any atom is -0.493 e. The molecule has 0 fully saturated rings. The van der Waals surface area contributed by atoms with Crippen LogP contribution in [-0.4, -0.2) is 13.7 Å². The smallest absolute Gasteiger partial charge is 0.165 e. The van der Waals surface area contributed by atoms with Crippen molar-refractivity contribution in [1.29, 1.82) is 0 Å². The maximum atomic E-state index is 6.08. The Labute approximate surface area is 135 Å². The van der Waals surface area contributed by atoms with Gasteiger partial charge in [0.2, 0.25) is 0 Å². The van der Waals surface area contributed by atoms with Crippen LogP contribution in [0.15, 0.2) is 28.1 Å². The molecule has 20 heavy (non-hydrogen) atoms. The number of methoxy groups -OCH3 is 1. The van der Waals surface area contributed by atoms with Crippen LogP contribution in [0.3, 0.4) is 0 Å². The van der Waals surface area contributed by atoms with Crippen LogP contribution in [0.2, 0.25) is 5.02 Å². The van der Waals surface area contributed by atoms with Gasteiger partial charge in [-0.1, -0.05) is 11.6 Å². The third-order valence-electron chi connectivity index (χ3n) is 2.71. The monoisotopic (exact) mass is 375 g/mol. The molecule has 3 nitrogen and oxygen atoms in total. The second-order valence-electron chi connectivity index (χ2n) is 4.15. The van der Waals surface area contributed by atoms with Crippen molar-refractivity contribution in [2.45, 2.75) is 13.0 Å². The lowest BCUT2D eigenvalue weighted by molar-refractivity contribution is 0.284. The number of nitrogens with two attached hydrogens (primary N) is 1. The molecule has 1 aromatic heterocycles. The lowest BCUT2D eigenvalue weighted by Gasteiger charge is -2.15. The summed E-state index contributed by atoms with van der Waals surface area (Å²) in [6.07, 6.45) is 0.695. The zero-order valence-corrected chi connectivity index (χ0v) is 14.1. The third-order valence-corrected chi connectivity index (χ3v) is 4.60. The molecule has 0 bridgehead atoms. The highest BCUT2D eigenvalue weighted by molar-refractivity contribution is 9.10. The Bertz CT molecular complexity index is 589. The van der Waals surface area contributed by atoms with E-state index < -0.39 is 0 Å². The number of ether oxygens (including phenoxy) is 2. The highest BCUT2D eigenvalue weighted by Gasteiger charge is 2.13. The number of benzene rings is 1. The van der Waals surface area contributed by atoms with Gasteiger partial charge in [0.05, 0.1) is 7.11 Å². The van der Waals surface area contributed by atoms with Crippen molar-refractivity contribution in [2.75, 3.05) is 13.7 Å². The lowest BCUT2D eigenvalue weighted by Crippen LogP contribution is -2.06. The molecule has 0 spiro atoms. The van der Waals surface area contributed by atoms with E-state index in [1.807, 2.05) is 17.5 Å². The number of hydrogen-bond donors (Lipinski definition) is 1. The lowest BCUT2D eigenvalue weighted by atomic mass is 10.1. The third kappa shape index (κ3) is 3.88. The Kier molecular flexibility index (Phi) is 5.72. The summed E-state index contributed by atoms with van der Waals surface area (Å²) in [6, 6.07) is 5.66. The van der Waals surface area contributed by atoms with Crippen molar-refractivity contribution in [3.8, 4) is 11.5 Å². The van der Waals surface area contributed by atoms with E-state index in [0.717, 1.165) is 14.9 Å². The molecular weight excluding hydrogens is 362 g/mol. The summed E-state index contributed by atoms with van der Waals surface area (Å²) in [7, 11) is 1.60. The first-order chi connectivity index (χ1) is 9.63. The van der Waals surface area contributed by atoms with Gasteiger partial charge in [-0.25, -0.2) is 0 Å². The van der Waals surface area contributed by atoms with Gasteiger partial charge in [-0.15, -0.1) is 11.3 Å². The highest BCUT2D eigenvalue weighted by atomic mass is 79.9. The molecule has 0 aliphatic carbocycles. The maximum Gasteiger partial charge on any atom is 0.165 e. The van der Waals surface area contributed by atoms with Crippen molar-refractivity contribution in [3.05, 3.63) is 43.5 Å². The fourth-order valence-electron chi connectivity index (χ4n) is 1.85. The Hall–Kier alpha value is -0.750. The van der Waals surface area contributed by atoms with Crippen LogP contribution in [-0.2, 0) is 13.0 Å². The van der Waals surface area contributed by atoms with Gasteiger partial charge < -0.3 is 15.2 Å². The summed E-state index contributed by atoms with van der Waals surface area (Å²) in [5.74, 6) is 1.35. The molecule has 2 aromatic rings. The summed E-state index contributed by atoms with van der Waals surface area (Å²) in [5.41, 5.74) is 6.60. The van der Waals surface area contributed by atoms with Crippen LogP contribution in [0, 0.1) is 0 Å². The Morgan fingerprint density at radius 2 is 2.15 bits per heavy atom. The fourth-order valence-corrected chi connectivity index (χ4v) is 3.45. The van der Waals surface area contributed by atoms with Crippen molar-refractivity contribution in [3.63, 3.8) is 0 Å². The quantitative estimate of drug-likeness (QED) is 0.819. The van der Waals surface area contributed by atoms with Gasteiger partial charge >= 0.3 is 0 Å². The summed E-state index contributed by atoms with van der Waals surface area (Å²) in [4.78, 5) is 1.13. The van der Waals surface area contributed by atoms with Gasteiger partial charge in [-0.3, -0.25) is 0 Å². The molecule has 0 saturated carbocycles. The molecule has 0 saturated heterocycles. The van der Waals surface area contributed by atoms with Crippen molar-refractivity contribution < 1.29 is 9.47 Å². The van der Waals surface area contributed by atoms with E-state index >= 15 is 0 Å². The zero-order valence-electron chi connectivity index (χ0n) is 11.0. The molecule has 2 N–H and O–H groups in total. The van der Waals surface area contributed by atoms with Crippen molar-refractivity contribution >= 4 is 38.9 Å². The minimum atomic E-state index is 0.492. The molecular formula is C14H15BrClNO2S. The van der Waals surface area contributed by atoms with Crippen LogP contribution in [0.1, 0.15) is 10.4 Å². The predicted octanol–water partition coefficient (Wildman–Crippen LogP) is 4.25. The number of rotatable bonds is 6. The summed E-state index contributed by atoms with van der Waals surface area (Å²) >= 11 is 11.1. The molecule has 0 atom stereocenters. The van der Waals surface area contributed by atoms with Gasteiger partial charge in [-0.2, -0.15) is 0 Å². The molecule has 1 aromatic carbocycles. The van der Waals surface area contributed by atoms with Crippen molar-refractivity contribution in [1.82, 2.24) is 0 Å².